The lowest BCUT2D eigenvalue weighted by Crippen LogP contribution is -2.47. The van der Waals surface area contributed by atoms with Gasteiger partial charge in [0, 0.05) is 63.4 Å². The number of rotatable bonds is 4. The lowest BCUT2D eigenvalue weighted by atomic mass is 9.99. The molecule has 5 nitrogen and oxygen atoms in total. The molecule has 0 atom stereocenters. The van der Waals surface area contributed by atoms with E-state index in [4.69, 9.17) is 0 Å². The van der Waals surface area contributed by atoms with Crippen molar-refractivity contribution in [3.63, 3.8) is 0 Å². The summed E-state index contributed by atoms with van der Waals surface area (Å²) in [6.45, 7) is 42.8. The summed E-state index contributed by atoms with van der Waals surface area (Å²) in [5, 5.41) is 0. The Bertz CT molecular complexity index is 758. The molecular formula is C41H85N5. The summed E-state index contributed by atoms with van der Waals surface area (Å²) in [7, 11) is 2.19. The van der Waals surface area contributed by atoms with Crippen LogP contribution in [0.1, 0.15) is 140 Å². The molecule has 0 radical (unpaired) electrons. The first-order valence-electron chi connectivity index (χ1n) is 19.8. The van der Waals surface area contributed by atoms with Crippen LogP contribution in [0.4, 0.5) is 0 Å². The SMILES string of the molecule is CC.CC.CC.CC(C)N1CCCC1.CC(C)N1CCCCC1.CC(C)N1CCN(C)CC1.CC(C)N1CCc2ccccc2C1. The van der Waals surface area contributed by atoms with E-state index in [1.807, 2.05) is 41.5 Å². The van der Waals surface area contributed by atoms with Crippen LogP contribution in [-0.2, 0) is 13.0 Å². The summed E-state index contributed by atoms with van der Waals surface area (Å²) >= 11 is 0. The van der Waals surface area contributed by atoms with Crippen molar-refractivity contribution < 1.29 is 0 Å². The second-order valence-electron chi connectivity index (χ2n) is 13.5. The van der Waals surface area contributed by atoms with Crippen molar-refractivity contribution in [1.29, 1.82) is 0 Å². The molecule has 4 aliphatic heterocycles. The summed E-state index contributed by atoms with van der Waals surface area (Å²) < 4.78 is 0. The number of piperazine rings is 1. The van der Waals surface area contributed by atoms with Gasteiger partial charge in [0.1, 0.15) is 0 Å². The quantitative estimate of drug-likeness (QED) is 0.323. The summed E-state index contributed by atoms with van der Waals surface area (Å²) in [4.78, 5) is 12.5. The molecule has 3 saturated heterocycles. The van der Waals surface area contributed by atoms with Gasteiger partial charge in [-0.15, -0.1) is 0 Å². The van der Waals surface area contributed by atoms with Gasteiger partial charge >= 0.3 is 0 Å². The maximum atomic E-state index is 2.56. The number of hydrogen-bond acceptors (Lipinski definition) is 5. The predicted octanol–water partition coefficient (Wildman–Crippen LogP) is 9.55. The number of benzene rings is 1. The molecule has 0 N–H and O–H groups in total. The highest BCUT2D eigenvalue weighted by Crippen LogP contribution is 2.19. The summed E-state index contributed by atoms with van der Waals surface area (Å²) in [6.07, 6.45) is 8.32. The number of likely N-dealkylation sites (tertiary alicyclic amines) is 2. The Kier molecular flexibility index (Phi) is 30.9. The predicted molar refractivity (Wildman–Crippen MR) is 210 cm³/mol. The van der Waals surface area contributed by atoms with E-state index < -0.39 is 0 Å². The molecule has 5 heteroatoms. The van der Waals surface area contributed by atoms with E-state index in [0.29, 0.717) is 6.04 Å². The van der Waals surface area contributed by atoms with E-state index in [1.54, 1.807) is 5.56 Å². The molecule has 0 bridgehead atoms. The monoisotopic (exact) mass is 648 g/mol. The van der Waals surface area contributed by atoms with Gasteiger partial charge < -0.3 is 14.7 Å². The van der Waals surface area contributed by atoms with Gasteiger partial charge in [0.15, 0.2) is 0 Å². The molecule has 46 heavy (non-hydrogen) atoms. The molecule has 274 valence electrons. The molecule has 3 fully saturated rings. The third-order valence-electron chi connectivity index (χ3n) is 9.15. The first kappa shape index (κ1) is 47.1. The Balaban J connectivity index is 0. The molecule has 0 amide bonds. The molecule has 0 saturated carbocycles. The minimum absolute atomic E-state index is 0.674. The van der Waals surface area contributed by atoms with Crippen LogP contribution in [0.15, 0.2) is 24.3 Å². The van der Waals surface area contributed by atoms with Gasteiger partial charge in [-0.25, -0.2) is 0 Å². The Morgan fingerprint density at radius 1 is 0.413 bits per heavy atom. The highest BCUT2D eigenvalue weighted by Gasteiger charge is 2.17. The fourth-order valence-electron chi connectivity index (χ4n) is 5.99. The van der Waals surface area contributed by atoms with Crippen molar-refractivity contribution in [3.8, 4) is 0 Å². The first-order chi connectivity index (χ1) is 22.1. The van der Waals surface area contributed by atoms with Crippen LogP contribution >= 0.6 is 0 Å². The van der Waals surface area contributed by atoms with Crippen molar-refractivity contribution in [2.24, 2.45) is 0 Å². The fourth-order valence-corrected chi connectivity index (χ4v) is 5.99. The summed E-state index contributed by atoms with van der Waals surface area (Å²) in [5.41, 5.74) is 3.06. The number of hydrogen-bond donors (Lipinski definition) is 0. The first-order valence-corrected chi connectivity index (χ1v) is 19.8. The maximum absolute atomic E-state index is 2.56. The summed E-state index contributed by atoms with van der Waals surface area (Å²) in [6, 6.07) is 11.7. The van der Waals surface area contributed by atoms with E-state index in [1.165, 1.54) is 103 Å². The normalized spacial score (nSPS) is 19.0. The van der Waals surface area contributed by atoms with Gasteiger partial charge in [-0.3, -0.25) is 9.80 Å². The van der Waals surface area contributed by atoms with Crippen LogP contribution in [0.2, 0.25) is 0 Å². The van der Waals surface area contributed by atoms with Crippen molar-refractivity contribution in [1.82, 2.24) is 24.5 Å². The largest absolute Gasteiger partial charge is 0.304 e. The zero-order valence-corrected chi connectivity index (χ0v) is 34.2. The maximum Gasteiger partial charge on any atom is 0.0239 e. The molecule has 5 rings (SSSR count). The Morgan fingerprint density at radius 2 is 0.761 bits per heavy atom. The fraction of sp³-hybridized carbons (Fsp3) is 0.854. The van der Waals surface area contributed by atoms with E-state index in [0.717, 1.165) is 24.7 Å². The third kappa shape index (κ3) is 21.1. The van der Waals surface area contributed by atoms with Gasteiger partial charge in [-0.2, -0.15) is 0 Å². The minimum Gasteiger partial charge on any atom is -0.304 e. The Morgan fingerprint density at radius 3 is 1.13 bits per heavy atom. The van der Waals surface area contributed by atoms with E-state index in [9.17, 15) is 0 Å². The lowest BCUT2D eigenvalue weighted by molar-refractivity contribution is 0.126. The van der Waals surface area contributed by atoms with Gasteiger partial charge in [-0.1, -0.05) is 72.2 Å². The van der Waals surface area contributed by atoms with E-state index in [2.05, 4.69) is 111 Å². The van der Waals surface area contributed by atoms with Gasteiger partial charge in [-0.05, 0) is 132 Å². The van der Waals surface area contributed by atoms with Crippen LogP contribution in [0.5, 0.6) is 0 Å². The number of nitrogens with zero attached hydrogens (tertiary/aromatic N) is 5. The zero-order valence-electron chi connectivity index (χ0n) is 34.2. The molecule has 0 aliphatic carbocycles. The van der Waals surface area contributed by atoms with Crippen molar-refractivity contribution >= 4 is 0 Å². The van der Waals surface area contributed by atoms with Crippen molar-refractivity contribution in [2.75, 3.05) is 66.0 Å². The van der Waals surface area contributed by atoms with Crippen LogP contribution in [-0.4, -0.2) is 115 Å². The number of likely N-dealkylation sites (N-methyl/N-ethyl adjacent to an activating group) is 1. The topological polar surface area (TPSA) is 16.2 Å². The Labute approximate surface area is 291 Å². The van der Waals surface area contributed by atoms with Crippen LogP contribution in [0.25, 0.3) is 0 Å². The highest BCUT2D eigenvalue weighted by atomic mass is 15.3. The average Bonchev–Trinajstić information content (AvgIpc) is 3.65. The zero-order chi connectivity index (χ0) is 35.5. The lowest BCUT2D eigenvalue weighted by Gasteiger charge is -2.34. The van der Waals surface area contributed by atoms with Gasteiger partial charge in [0.2, 0.25) is 0 Å². The van der Waals surface area contributed by atoms with Crippen LogP contribution in [0, 0.1) is 0 Å². The number of piperidine rings is 1. The van der Waals surface area contributed by atoms with Gasteiger partial charge in [0.05, 0.1) is 0 Å². The molecule has 4 aliphatic rings. The highest BCUT2D eigenvalue weighted by molar-refractivity contribution is 5.29. The average molecular weight is 648 g/mol. The van der Waals surface area contributed by atoms with E-state index in [-0.39, 0.29) is 0 Å². The second kappa shape index (κ2) is 30.1. The van der Waals surface area contributed by atoms with Crippen LogP contribution < -0.4 is 0 Å². The van der Waals surface area contributed by atoms with Crippen molar-refractivity contribution in [2.45, 2.75) is 166 Å². The summed E-state index contributed by atoms with van der Waals surface area (Å²) in [5.74, 6) is 0. The van der Waals surface area contributed by atoms with Gasteiger partial charge in [0.25, 0.3) is 0 Å². The molecule has 0 aromatic heterocycles. The third-order valence-corrected chi connectivity index (χ3v) is 9.15. The molecule has 1 aromatic rings. The number of fused-ring (bicyclic) bond motifs is 1. The molecule has 0 spiro atoms. The molecular weight excluding hydrogens is 562 g/mol. The van der Waals surface area contributed by atoms with E-state index >= 15 is 0 Å². The van der Waals surface area contributed by atoms with Crippen LogP contribution in [0.3, 0.4) is 0 Å². The second-order valence-corrected chi connectivity index (χ2v) is 13.5. The molecule has 0 unspecified atom stereocenters. The minimum atomic E-state index is 0.674. The molecule has 1 aromatic carbocycles. The smallest absolute Gasteiger partial charge is 0.0239 e. The Hall–Kier alpha value is -0.980. The standard InChI is InChI=1S/C12H17N.C8H18N2.C8H17N.C7H15N.3C2H6/c1-10(2)13-8-7-11-5-3-4-6-12(11)9-13;1-8(2)10-6-4-9(3)5-7-10;1-8(2)9-6-4-3-5-7-9;1-7(2)8-5-3-4-6-8;3*1-2/h3-6,10H,7-9H2,1-2H3;8H,4-7H2,1-3H3;8H,3-7H2,1-2H3;7H,3-6H2,1-2H3;3*1-2H3. The molecule has 4 heterocycles. The van der Waals surface area contributed by atoms with Crippen molar-refractivity contribution in [3.05, 3.63) is 35.4 Å².